The molecule has 0 bridgehead atoms. The molecule has 0 aromatic carbocycles. The van der Waals surface area contributed by atoms with Crippen LogP contribution in [0.3, 0.4) is 0 Å². The van der Waals surface area contributed by atoms with E-state index in [0.717, 1.165) is 6.61 Å². The van der Waals surface area contributed by atoms with Crippen molar-refractivity contribution in [2.24, 2.45) is 0 Å². The maximum Gasteiger partial charge on any atom is 0.293 e. The van der Waals surface area contributed by atoms with Gasteiger partial charge in [-0.25, -0.2) is 0 Å². The molecular formula is C7H15BO. The van der Waals surface area contributed by atoms with Crippen LogP contribution in [0.4, 0.5) is 0 Å². The van der Waals surface area contributed by atoms with Crippen molar-refractivity contribution in [2.75, 3.05) is 6.61 Å². The summed E-state index contributed by atoms with van der Waals surface area (Å²) in [6, 6.07) is 0. The summed E-state index contributed by atoms with van der Waals surface area (Å²) < 4.78 is 5.48. The summed E-state index contributed by atoms with van der Waals surface area (Å²) in [6.45, 7) is 3.57. The second-order valence-corrected chi connectivity index (χ2v) is 2.72. The van der Waals surface area contributed by atoms with Crippen LogP contribution in [0.1, 0.15) is 26.2 Å². The SMILES string of the molecule is CCOB1CCCCC1. The molecule has 0 aromatic heterocycles. The number of hydrogen-bond donors (Lipinski definition) is 0. The molecule has 9 heavy (non-hydrogen) atoms. The van der Waals surface area contributed by atoms with E-state index in [1.54, 1.807) is 0 Å². The van der Waals surface area contributed by atoms with Gasteiger partial charge in [0.15, 0.2) is 0 Å². The highest BCUT2D eigenvalue weighted by atomic mass is 16.4. The fraction of sp³-hybridized carbons (Fsp3) is 1.00. The van der Waals surface area contributed by atoms with E-state index >= 15 is 0 Å². The summed E-state index contributed by atoms with van der Waals surface area (Å²) in [5, 5.41) is 0. The minimum Gasteiger partial charge on any atom is -0.436 e. The Labute approximate surface area is 57.9 Å². The third-order valence-electron chi connectivity index (χ3n) is 1.95. The second-order valence-electron chi connectivity index (χ2n) is 2.72. The number of hydrogen-bond acceptors (Lipinski definition) is 1. The molecule has 0 saturated carbocycles. The molecule has 0 amide bonds. The van der Waals surface area contributed by atoms with Gasteiger partial charge in [0.1, 0.15) is 0 Å². The molecule has 1 fully saturated rings. The van der Waals surface area contributed by atoms with E-state index < -0.39 is 0 Å². The van der Waals surface area contributed by atoms with Crippen LogP contribution in [-0.4, -0.2) is 13.5 Å². The molecule has 1 aliphatic rings. The van der Waals surface area contributed by atoms with Crippen LogP contribution < -0.4 is 0 Å². The predicted molar refractivity (Wildman–Crippen MR) is 40.8 cm³/mol. The molecule has 2 heteroatoms. The molecule has 1 saturated heterocycles. The third kappa shape index (κ3) is 2.40. The molecule has 0 aliphatic carbocycles. The van der Waals surface area contributed by atoms with Gasteiger partial charge in [-0.15, -0.1) is 0 Å². The number of rotatable bonds is 2. The first-order valence-electron chi connectivity index (χ1n) is 4.05. The standard InChI is InChI=1S/C7H15BO/c1-2-9-8-6-4-3-5-7-8/h2-7H2,1H3. The van der Waals surface area contributed by atoms with E-state index in [4.69, 9.17) is 4.65 Å². The molecule has 0 unspecified atom stereocenters. The molecule has 0 radical (unpaired) electrons. The van der Waals surface area contributed by atoms with Gasteiger partial charge < -0.3 is 4.65 Å². The fourth-order valence-electron chi connectivity index (χ4n) is 1.47. The zero-order valence-electron chi connectivity index (χ0n) is 6.23. The Morgan fingerprint density at radius 3 is 2.44 bits per heavy atom. The first kappa shape index (κ1) is 7.14. The smallest absolute Gasteiger partial charge is 0.293 e. The van der Waals surface area contributed by atoms with Crippen LogP contribution in [0.15, 0.2) is 0 Å². The van der Waals surface area contributed by atoms with E-state index in [1.165, 1.54) is 31.9 Å². The van der Waals surface area contributed by atoms with Crippen molar-refractivity contribution < 1.29 is 4.65 Å². The first-order chi connectivity index (χ1) is 4.43. The largest absolute Gasteiger partial charge is 0.436 e. The van der Waals surface area contributed by atoms with Gasteiger partial charge >= 0.3 is 0 Å². The lowest BCUT2D eigenvalue weighted by Crippen LogP contribution is -2.20. The van der Waals surface area contributed by atoms with Crippen molar-refractivity contribution in [1.82, 2.24) is 0 Å². The highest BCUT2D eigenvalue weighted by Crippen LogP contribution is 2.18. The van der Waals surface area contributed by atoms with Crippen molar-refractivity contribution in [3.63, 3.8) is 0 Å². The molecule has 1 heterocycles. The summed E-state index contributed by atoms with van der Waals surface area (Å²) in [7, 11) is 0. The zero-order valence-corrected chi connectivity index (χ0v) is 6.23. The van der Waals surface area contributed by atoms with E-state index in [9.17, 15) is 0 Å². The second kappa shape index (κ2) is 3.94. The Morgan fingerprint density at radius 2 is 1.89 bits per heavy atom. The monoisotopic (exact) mass is 126 g/mol. The van der Waals surface area contributed by atoms with Gasteiger partial charge in [0.05, 0.1) is 0 Å². The van der Waals surface area contributed by atoms with E-state index in [2.05, 4.69) is 6.92 Å². The lowest BCUT2D eigenvalue weighted by atomic mass is 9.56. The molecular weight excluding hydrogens is 111 g/mol. The normalized spacial score (nSPS) is 20.3. The van der Waals surface area contributed by atoms with Crippen LogP contribution in [0.2, 0.25) is 12.6 Å². The summed E-state index contributed by atoms with van der Waals surface area (Å²) in [5.41, 5.74) is 0. The Bertz CT molecular complexity index is 66.6. The lowest BCUT2D eigenvalue weighted by molar-refractivity contribution is 0.334. The average molecular weight is 126 g/mol. The van der Waals surface area contributed by atoms with E-state index in [-0.39, 0.29) is 0 Å². The molecule has 0 spiro atoms. The quantitative estimate of drug-likeness (QED) is 0.515. The van der Waals surface area contributed by atoms with Crippen molar-refractivity contribution in [3.8, 4) is 0 Å². The van der Waals surface area contributed by atoms with Crippen LogP contribution in [-0.2, 0) is 4.65 Å². The maximum atomic E-state index is 5.48. The molecule has 52 valence electrons. The van der Waals surface area contributed by atoms with Crippen LogP contribution in [0.25, 0.3) is 0 Å². The van der Waals surface area contributed by atoms with Gasteiger partial charge in [0, 0.05) is 6.61 Å². The summed E-state index contributed by atoms with van der Waals surface area (Å²) in [4.78, 5) is 0. The lowest BCUT2D eigenvalue weighted by Gasteiger charge is -2.17. The molecule has 1 rings (SSSR count). The van der Waals surface area contributed by atoms with Crippen LogP contribution in [0.5, 0.6) is 0 Å². The topological polar surface area (TPSA) is 9.23 Å². The van der Waals surface area contributed by atoms with Crippen LogP contribution in [0, 0.1) is 0 Å². The van der Waals surface area contributed by atoms with Gasteiger partial charge in [0.2, 0.25) is 0 Å². The van der Waals surface area contributed by atoms with Crippen LogP contribution >= 0.6 is 0 Å². The summed E-state index contributed by atoms with van der Waals surface area (Å²) >= 11 is 0. The molecule has 0 atom stereocenters. The predicted octanol–water partition coefficient (Wildman–Crippen LogP) is 2.20. The Balaban J connectivity index is 2.08. The van der Waals surface area contributed by atoms with E-state index in [1.807, 2.05) is 0 Å². The Kier molecular flexibility index (Phi) is 3.12. The molecule has 0 aromatic rings. The van der Waals surface area contributed by atoms with Gasteiger partial charge in [-0.3, -0.25) is 0 Å². The highest BCUT2D eigenvalue weighted by molar-refractivity contribution is 6.52. The van der Waals surface area contributed by atoms with Crippen molar-refractivity contribution >= 4 is 6.92 Å². The third-order valence-corrected chi connectivity index (χ3v) is 1.95. The molecule has 1 nitrogen and oxygen atoms in total. The van der Waals surface area contributed by atoms with E-state index in [0.29, 0.717) is 6.92 Å². The fourth-order valence-corrected chi connectivity index (χ4v) is 1.47. The Morgan fingerprint density at radius 1 is 1.22 bits per heavy atom. The average Bonchev–Trinajstić information content (AvgIpc) is 1.91. The highest BCUT2D eigenvalue weighted by Gasteiger charge is 2.17. The van der Waals surface area contributed by atoms with Crippen molar-refractivity contribution in [3.05, 3.63) is 0 Å². The summed E-state index contributed by atoms with van der Waals surface area (Å²) in [5.74, 6) is 0. The van der Waals surface area contributed by atoms with Gasteiger partial charge in [0.25, 0.3) is 6.92 Å². The summed E-state index contributed by atoms with van der Waals surface area (Å²) in [6.07, 6.45) is 6.78. The Hall–Kier alpha value is 0.0249. The van der Waals surface area contributed by atoms with Gasteiger partial charge in [-0.2, -0.15) is 0 Å². The minimum absolute atomic E-state index is 0.601. The molecule has 1 aliphatic heterocycles. The maximum absolute atomic E-state index is 5.48. The molecule has 0 N–H and O–H groups in total. The van der Waals surface area contributed by atoms with Crippen molar-refractivity contribution in [2.45, 2.75) is 38.8 Å². The minimum atomic E-state index is 0.601. The van der Waals surface area contributed by atoms with Gasteiger partial charge in [-0.1, -0.05) is 19.3 Å². The van der Waals surface area contributed by atoms with Gasteiger partial charge in [-0.05, 0) is 19.6 Å². The van der Waals surface area contributed by atoms with Crippen molar-refractivity contribution in [1.29, 1.82) is 0 Å². The first-order valence-corrected chi connectivity index (χ1v) is 4.05. The zero-order chi connectivity index (χ0) is 6.53.